The number of piperidine rings is 1. The van der Waals surface area contributed by atoms with E-state index in [-0.39, 0.29) is 24.0 Å². The summed E-state index contributed by atoms with van der Waals surface area (Å²) in [5.41, 5.74) is 0.503. The number of amides is 2. The lowest BCUT2D eigenvalue weighted by molar-refractivity contribution is -0.134. The summed E-state index contributed by atoms with van der Waals surface area (Å²) in [5, 5.41) is 6.33. The average molecular weight is 387 g/mol. The highest BCUT2D eigenvalue weighted by Gasteiger charge is 2.35. The number of likely N-dealkylation sites (tertiary alicyclic amines) is 1. The number of hydrogen-bond acceptors (Lipinski definition) is 5. The molecule has 1 saturated carbocycles. The van der Waals surface area contributed by atoms with E-state index in [0.717, 1.165) is 58.3 Å². The molecule has 2 N–H and O–H groups in total. The standard InChI is InChI=1S/C21H29N3O4/c1-27-17-4-5-19(18(12-17)20(25)23-15-6-9-22-13-15)28-16-7-10-24(11-8-16)21(26)14-2-3-14/h4-5,12,14-16,22H,2-3,6-11,13H2,1H3,(H,23,25). The number of ether oxygens (including phenoxy) is 2. The molecule has 1 aromatic carbocycles. The molecular weight excluding hydrogens is 358 g/mol. The lowest BCUT2D eigenvalue weighted by atomic mass is 10.1. The molecule has 1 atom stereocenters. The van der Waals surface area contributed by atoms with Gasteiger partial charge in [0.2, 0.25) is 5.91 Å². The molecule has 0 bridgehead atoms. The second-order valence-electron chi connectivity index (χ2n) is 7.94. The Balaban J connectivity index is 1.40. The van der Waals surface area contributed by atoms with E-state index >= 15 is 0 Å². The zero-order chi connectivity index (χ0) is 19.5. The van der Waals surface area contributed by atoms with Crippen molar-refractivity contribution in [3.05, 3.63) is 23.8 Å². The first-order valence-corrected chi connectivity index (χ1v) is 10.3. The van der Waals surface area contributed by atoms with Crippen LogP contribution in [0.3, 0.4) is 0 Å². The molecule has 2 amide bonds. The number of methoxy groups -OCH3 is 1. The minimum atomic E-state index is -0.135. The molecule has 0 aromatic heterocycles. The van der Waals surface area contributed by atoms with Crippen LogP contribution in [0.1, 0.15) is 42.5 Å². The average Bonchev–Trinajstić information content (AvgIpc) is 3.45. The van der Waals surface area contributed by atoms with Gasteiger partial charge in [0.25, 0.3) is 5.91 Å². The summed E-state index contributed by atoms with van der Waals surface area (Å²) < 4.78 is 11.5. The van der Waals surface area contributed by atoms with Gasteiger partial charge in [-0.25, -0.2) is 0 Å². The van der Waals surface area contributed by atoms with Crippen LogP contribution < -0.4 is 20.1 Å². The van der Waals surface area contributed by atoms with Crippen LogP contribution in [0.4, 0.5) is 0 Å². The normalized spacial score (nSPS) is 22.8. The lowest BCUT2D eigenvalue weighted by Crippen LogP contribution is -2.42. The smallest absolute Gasteiger partial charge is 0.255 e. The van der Waals surface area contributed by atoms with Crippen molar-refractivity contribution in [1.82, 2.24) is 15.5 Å². The van der Waals surface area contributed by atoms with Crippen molar-refractivity contribution in [3.8, 4) is 11.5 Å². The van der Waals surface area contributed by atoms with E-state index in [0.29, 0.717) is 23.0 Å². The summed E-state index contributed by atoms with van der Waals surface area (Å²) in [6.45, 7) is 3.17. The van der Waals surface area contributed by atoms with Gasteiger partial charge in [0.05, 0.1) is 12.7 Å². The van der Waals surface area contributed by atoms with Gasteiger partial charge in [-0.3, -0.25) is 9.59 Å². The summed E-state index contributed by atoms with van der Waals surface area (Å²) in [6, 6.07) is 5.50. The predicted molar refractivity (Wildman–Crippen MR) is 105 cm³/mol. The predicted octanol–water partition coefficient (Wildman–Crippen LogP) is 1.57. The van der Waals surface area contributed by atoms with E-state index in [2.05, 4.69) is 10.6 Å². The fourth-order valence-corrected chi connectivity index (χ4v) is 3.92. The van der Waals surface area contributed by atoms with E-state index in [1.165, 1.54) is 0 Å². The van der Waals surface area contributed by atoms with Crippen LogP contribution in [0.5, 0.6) is 11.5 Å². The third kappa shape index (κ3) is 4.41. The Labute approximate surface area is 165 Å². The van der Waals surface area contributed by atoms with Crippen LogP contribution >= 0.6 is 0 Å². The first-order valence-electron chi connectivity index (χ1n) is 10.3. The Hall–Kier alpha value is -2.28. The summed E-state index contributed by atoms with van der Waals surface area (Å²) in [5.74, 6) is 1.64. The summed E-state index contributed by atoms with van der Waals surface area (Å²) in [6.07, 6.45) is 4.60. The highest BCUT2D eigenvalue weighted by molar-refractivity contribution is 5.97. The van der Waals surface area contributed by atoms with Crippen LogP contribution in [-0.4, -0.2) is 62.1 Å². The molecule has 3 aliphatic rings. The van der Waals surface area contributed by atoms with Gasteiger partial charge in [0.15, 0.2) is 0 Å². The van der Waals surface area contributed by atoms with Crippen molar-refractivity contribution in [2.45, 2.75) is 44.2 Å². The number of carbonyl (C=O) groups excluding carboxylic acids is 2. The molecule has 152 valence electrons. The molecule has 2 saturated heterocycles. The number of nitrogens with one attached hydrogen (secondary N) is 2. The molecule has 0 radical (unpaired) electrons. The van der Waals surface area contributed by atoms with Crippen molar-refractivity contribution >= 4 is 11.8 Å². The van der Waals surface area contributed by atoms with Gasteiger partial charge in [-0.05, 0) is 44.0 Å². The number of benzene rings is 1. The second kappa shape index (κ2) is 8.39. The molecular formula is C21H29N3O4. The molecule has 4 rings (SSSR count). The SMILES string of the molecule is COc1ccc(OC2CCN(C(=O)C3CC3)CC2)c(C(=O)NC2CCNC2)c1. The van der Waals surface area contributed by atoms with Crippen LogP contribution in [0.2, 0.25) is 0 Å². The number of nitrogens with zero attached hydrogens (tertiary/aromatic N) is 1. The first-order chi connectivity index (χ1) is 13.6. The topological polar surface area (TPSA) is 79.9 Å². The molecule has 28 heavy (non-hydrogen) atoms. The Kier molecular flexibility index (Phi) is 5.71. The van der Waals surface area contributed by atoms with Crippen LogP contribution in [0.25, 0.3) is 0 Å². The van der Waals surface area contributed by atoms with E-state index in [1.54, 1.807) is 13.2 Å². The highest BCUT2D eigenvalue weighted by Crippen LogP contribution is 2.33. The first kappa shape index (κ1) is 19.1. The molecule has 1 unspecified atom stereocenters. The Morgan fingerprint density at radius 3 is 2.57 bits per heavy atom. The van der Waals surface area contributed by atoms with Gasteiger partial charge >= 0.3 is 0 Å². The monoisotopic (exact) mass is 387 g/mol. The zero-order valence-electron chi connectivity index (χ0n) is 16.4. The van der Waals surface area contributed by atoms with Gasteiger partial charge in [-0.1, -0.05) is 0 Å². The van der Waals surface area contributed by atoms with Crippen molar-refractivity contribution in [1.29, 1.82) is 0 Å². The van der Waals surface area contributed by atoms with Crippen molar-refractivity contribution in [2.24, 2.45) is 5.92 Å². The van der Waals surface area contributed by atoms with E-state index in [1.807, 2.05) is 17.0 Å². The van der Waals surface area contributed by atoms with Gasteiger partial charge in [0.1, 0.15) is 17.6 Å². The summed E-state index contributed by atoms with van der Waals surface area (Å²) >= 11 is 0. The lowest BCUT2D eigenvalue weighted by Gasteiger charge is -2.32. The van der Waals surface area contributed by atoms with Crippen molar-refractivity contribution in [3.63, 3.8) is 0 Å². The van der Waals surface area contributed by atoms with Gasteiger partial charge in [-0.15, -0.1) is 0 Å². The highest BCUT2D eigenvalue weighted by atomic mass is 16.5. The maximum absolute atomic E-state index is 12.8. The van der Waals surface area contributed by atoms with E-state index in [4.69, 9.17) is 9.47 Å². The molecule has 2 aliphatic heterocycles. The second-order valence-corrected chi connectivity index (χ2v) is 7.94. The maximum atomic E-state index is 12.8. The molecule has 7 nitrogen and oxygen atoms in total. The minimum absolute atomic E-state index is 0.0105. The quantitative estimate of drug-likeness (QED) is 0.775. The van der Waals surface area contributed by atoms with Gasteiger partial charge in [-0.2, -0.15) is 0 Å². The van der Waals surface area contributed by atoms with E-state index < -0.39 is 0 Å². The molecule has 2 heterocycles. The largest absolute Gasteiger partial charge is 0.497 e. The molecule has 1 aliphatic carbocycles. The fourth-order valence-electron chi connectivity index (χ4n) is 3.92. The van der Waals surface area contributed by atoms with Crippen molar-refractivity contribution < 1.29 is 19.1 Å². The summed E-state index contributed by atoms with van der Waals surface area (Å²) in [4.78, 5) is 27.0. The van der Waals surface area contributed by atoms with Crippen LogP contribution in [-0.2, 0) is 4.79 Å². The molecule has 3 fully saturated rings. The number of carbonyl (C=O) groups is 2. The number of hydrogen-bond donors (Lipinski definition) is 2. The van der Waals surface area contributed by atoms with Crippen molar-refractivity contribution in [2.75, 3.05) is 33.3 Å². The third-order valence-electron chi connectivity index (χ3n) is 5.80. The van der Waals surface area contributed by atoms with Crippen LogP contribution in [0.15, 0.2) is 18.2 Å². The molecule has 0 spiro atoms. The van der Waals surface area contributed by atoms with Gasteiger partial charge < -0.3 is 25.0 Å². The van der Waals surface area contributed by atoms with E-state index in [9.17, 15) is 9.59 Å². The summed E-state index contributed by atoms with van der Waals surface area (Å²) in [7, 11) is 1.59. The number of rotatable bonds is 6. The zero-order valence-corrected chi connectivity index (χ0v) is 16.4. The van der Waals surface area contributed by atoms with Gasteiger partial charge in [0, 0.05) is 44.4 Å². The Morgan fingerprint density at radius 2 is 1.93 bits per heavy atom. The molecule has 7 heteroatoms. The third-order valence-corrected chi connectivity index (χ3v) is 5.80. The Morgan fingerprint density at radius 1 is 1.14 bits per heavy atom. The fraction of sp³-hybridized carbons (Fsp3) is 0.619. The maximum Gasteiger partial charge on any atom is 0.255 e. The minimum Gasteiger partial charge on any atom is -0.497 e. The Bertz CT molecular complexity index is 720. The molecule has 1 aromatic rings. The van der Waals surface area contributed by atoms with Crippen LogP contribution in [0, 0.1) is 5.92 Å².